The molecule has 20 heavy (non-hydrogen) atoms. The van der Waals surface area contributed by atoms with E-state index >= 15 is 0 Å². The van der Waals surface area contributed by atoms with E-state index in [2.05, 4.69) is 5.32 Å². The quantitative estimate of drug-likeness (QED) is 0.687. The van der Waals surface area contributed by atoms with Crippen molar-refractivity contribution in [3.63, 3.8) is 0 Å². The Kier molecular flexibility index (Phi) is 7.69. The van der Waals surface area contributed by atoms with Crippen LogP contribution in [-0.2, 0) is 9.53 Å². The molecule has 0 fully saturated rings. The molecule has 0 heterocycles. The summed E-state index contributed by atoms with van der Waals surface area (Å²) in [6.45, 7) is 4.70. The Morgan fingerprint density at radius 1 is 1.25 bits per heavy atom. The zero-order valence-corrected chi connectivity index (χ0v) is 12.5. The number of ether oxygens (including phenoxy) is 2. The van der Waals surface area contributed by atoms with Gasteiger partial charge in [-0.1, -0.05) is 17.7 Å². The second-order valence-electron chi connectivity index (χ2n) is 4.65. The highest BCUT2D eigenvalue weighted by Crippen LogP contribution is 2.10. The van der Waals surface area contributed by atoms with Gasteiger partial charge in [-0.2, -0.15) is 0 Å². The van der Waals surface area contributed by atoms with Crippen molar-refractivity contribution in [1.29, 1.82) is 0 Å². The van der Waals surface area contributed by atoms with Crippen LogP contribution in [0.25, 0.3) is 0 Å². The SMILES string of the molecule is COCCNCC(=O)N(C)CCOc1ccc(C)cc1. The number of aryl methyl sites for hydroxylation is 1. The Hall–Kier alpha value is -1.59. The Labute approximate surface area is 120 Å². The molecule has 1 aromatic carbocycles. The van der Waals surface area contributed by atoms with Crippen molar-refractivity contribution in [1.82, 2.24) is 10.2 Å². The van der Waals surface area contributed by atoms with E-state index in [-0.39, 0.29) is 5.91 Å². The van der Waals surface area contributed by atoms with Crippen LogP contribution < -0.4 is 10.1 Å². The molecule has 0 atom stereocenters. The van der Waals surface area contributed by atoms with Gasteiger partial charge in [0.15, 0.2) is 0 Å². The third kappa shape index (κ3) is 6.54. The van der Waals surface area contributed by atoms with Gasteiger partial charge in [0.05, 0.1) is 19.7 Å². The minimum atomic E-state index is 0.0496. The summed E-state index contributed by atoms with van der Waals surface area (Å²) in [7, 11) is 3.41. The second-order valence-corrected chi connectivity index (χ2v) is 4.65. The van der Waals surface area contributed by atoms with Crippen molar-refractivity contribution in [2.24, 2.45) is 0 Å². The van der Waals surface area contributed by atoms with Gasteiger partial charge >= 0.3 is 0 Å². The summed E-state index contributed by atoms with van der Waals surface area (Å²) in [6, 6.07) is 7.88. The van der Waals surface area contributed by atoms with Gasteiger partial charge in [0.2, 0.25) is 5.91 Å². The first-order valence-electron chi connectivity index (χ1n) is 6.76. The predicted molar refractivity (Wildman–Crippen MR) is 79.1 cm³/mol. The van der Waals surface area contributed by atoms with Crippen molar-refractivity contribution < 1.29 is 14.3 Å². The van der Waals surface area contributed by atoms with Crippen molar-refractivity contribution in [3.8, 4) is 5.75 Å². The molecule has 1 amide bonds. The molecular weight excluding hydrogens is 256 g/mol. The summed E-state index contributed by atoms with van der Waals surface area (Å²) in [5, 5.41) is 3.02. The van der Waals surface area contributed by atoms with E-state index in [0.29, 0.717) is 32.8 Å². The van der Waals surface area contributed by atoms with Gasteiger partial charge in [0.1, 0.15) is 12.4 Å². The van der Waals surface area contributed by atoms with Gasteiger partial charge in [-0.05, 0) is 19.1 Å². The Morgan fingerprint density at radius 2 is 1.95 bits per heavy atom. The fourth-order valence-electron chi connectivity index (χ4n) is 1.56. The van der Waals surface area contributed by atoms with Gasteiger partial charge in [0.25, 0.3) is 0 Å². The van der Waals surface area contributed by atoms with Crippen LogP contribution in [0.15, 0.2) is 24.3 Å². The third-order valence-electron chi connectivity index (χ3n) is 2.90. The number of carbonyl (C=O) groups is 1. The first kappa shape index (κ1) is 16.5. The summed E-state index contributed by atoms with van der Waals surface area (Å²) in [5.41, 5.74) is 1.20. The van der Waals surface area contributed by atoms with E-state index in [1.165, 1.54) is 5.56 Å². The van der Waals surface area contributed by atoms with E-state index < -0.39 is 0 Å². The normalized spacial score (nSPS) is 10.3. The first-order valence-corrected chi connectivity index (χ1v) is 6.76. The average Bonchev–Trinajstić information content (AvgIpc) is 2.45. The lowest BCUT2D eigenvalue weighted by Gasteiger charge is -2.17. The average molecular weight is 280 g/mol. The van der Waals surface area contributed by atoms with Crippen molar-refractivity contribution in [2.75, 3.05) is 47.0 Å². The van der Waals surface area contributed by atoms with Crippen LogP contribution in [0.3, 0.4) is 0 Å². The van der Waals surface area contributed by atoms with Crippen molar-refractivity contribution in [2.45, 2.75) is 6.92 Å². The summed E-state index contributed by atoms with van der Waals surface area (Å²) in [4.78, 5) is 13.4. The Balaban J connectivity index is 2.17. The summed E-state index contributed by atoms with van der Waals surface area (Å²) >= 11 is 0. The molecule has 1 aromatic rings. The maximum atomic E-state index is 11.8. The molecule has 0 spiro atoms. The zero-order chi connectivity index (χ0) is 14.8. The number of carbonyl (C=O) groups excluding carboxylic acids is 1. The number of hydrogen-bond acceptors (Lipinski definition) is 4. The molecule has 1 N–H and O–H groups in total. The molecule has 0 aliphatic rings. The van der Waals surface area contributed by atoms with Crippen molar-refractivity contribution >= 4 is 5.91 Å². The molecule has 0 bridgehead atoms. The number of likely N-dealkylation sites (N-methyl/N-ethyl adjacent to an activating group) is 1. The van der Waals surface area contributed by atoms with Gasteiger partial charge < -0.3 is 19.7 Å². The Morgan fingerprint density at radius 3 is 2.60 bits per heavy atom. The highest BCUT2D eigenvalue weighted by Gasteiger charge is 2.07. The van der Waals surface area contributed by atoms with Crippen LogP contribution >= 0.6 is 0 Å². The maximum Gasteiger partial charge on any atom is 0.236 e. The standard InChI is InChI=1S/C15H24N2O3/c1-13-4-6-14(7-5-13)20-11-9-17(2)15(18)12-16-8-10-19-3/h4-7,16H,8-12H2,1-3H3. The van der Waals surface area contributed by atoms with Crippen molar-refractivity contribution in [3.05, 3.63) is 29.8 Å². The van der Waals surface area contributed by atoms with Gasteiger partial charge in [-0.15, -0.1) is 0 Å². The van der Waals surface area contributed by atoms with Crippen LogP contribution in [0.2, 0.25) is 0 Å². The number of rotatable bonds is 9. The lowest BCUT2D eigenvalue weighted by Crippen LogP contribution is -2.38. The minimum absolute atomic E-state index is 0.0496. The van der Waals surface area contributed by atoms with E-state index in [0.717, 1.165) is 5.75 Å². The molecule has 0 saturated carbocycles. The van der Waals surface area contributed by atoms with Crippen LogP contribution in [0.1, 0.15) is 5.56 Å². The van der Waals surface area contributed by atoms with E-state index in [4.69, 9.17) is 9.47 Å². The lowest BCUT2D eigenvalue weighted by atomic mass is 10.2. The number of hydrogen-bond donors (Lipinski definition) is 1. The van der Waals surface area contributed by atoms with Crippen LogP contribution in [0.5, 0.6) is 5.75 Å². The monoisotopic (exact) mass is 280 g/mol. The molecule has 0 radical (unpaired) electrons. The number of amides is 1. The summed E-state index contributed by atoms with van der Waals surface area (Å²) in [5.74, 6) is 0.878. The molecule has 112 valence electrons. The molecule has 0 aromatic heterocycles. The lowest BCUT2D eigenvalue weighted by molar-refractivity contribution is -0.129. The fraction of sp³-hybridized carbons (Fsp3) is 0.533. The van der Waals surface area contributed by atoms with Crippen LogP contribution in [0.4, 0.5) is 0 Å². The largest absolute Gasteiger partial charge is 0.492 e. The van der Waals surface area contributed by atoms with Crippen LogP contribution in [-0.4, -0.2) is 57.8 Å². The maximum absolute atomic E-state index is 11.8. The van der Waals surface area contributed by atoms with E-state index in [1.807, 2.05) is 31.2 Å². The second kappa shape index (κ2) is 9.34. The molecule has 0 aliphatic carbocycles. The van der Waals surface area contributed by atoms with Gasteiger partial charge in [-0.3, -0.25) is 4.79 Å². The first-order chi connectivity index (χ1) is 9.63. The number of nitrogens with zero attached hydrogens (tertiary/aromatic N) is 1. The highest BCUT2D eigenvalue weighted by molar-refractivity contribution is 5.77. The Bertz CT molecular complexity index is 393. The van der Waals surface area contributed by atoms with E-state index in [1.54, 1.807) is 19.1 Å². The molecular formula is C15H24N2O3. The minimum Gasteiger partial charge on any atom is -0.492 e. The third-order valence-corrected chi connectivity index (χ3v) is 2.90. The molecule has 5 nitrogen and oxygen atoms in total. The van der Waals surface area contributed by atoms with Crippen LogP contribution in [0, 0.1) is 6.92 Å². The molecule has 1 rings (SSSR count). The number of nitrogens with one attached hydrogen (secondary N) is 1. The zero-order valence-electron chi connectivity index (χ0n) is 12.5. The molecule has 0 unspecified atom stereocenters. The predicted octanol–water partition coefficient (Wildman–Crippen LogP) is 1.07. The van der Waals surface area contributed by atoms with Gasteiger partial charge in [-0.25, -0.2) is 0 Å². The highest BCUT2D eigenvalue weighted by atomic mass is 16.5. The molecule has 0 saturated heterocycles. The molecule has 5 heteroatoms. The topological polar surface area (TPSA) is 50.8 Å². The fourth-order valence-corrected chi connectivity index (χ4v) is 1.56. The molecule has 0 aliphatic heterocycles. The number of methoxy groups -OCH3 is 1. The summed E-state index contributed by atoms with van der Waals surface area (Å²) in [6.07, 6.45) is 0. The van der Waals surface area contributed by atoms with Gasteiger partial charge in [0, 0.05) is 20.7 Å². The smallest absolute Gasteiger partial charge is 0.236 e. The van der Waals surface area contributed by atoms with E-state index in [9.17, 15) is 4.79 Å². The summed E-state index contributed by atoms with van der Waals surface area (Å²) < 4.78 is 10.5. The number of benzene rings is 1.